The third kappa shape index (κ3) is 3.04. The summed E-state index contributed by atoms with van der Waals surface area (Å²) in [6.07, 6.45) is 6.93. The molecule has 1 aliphatic heterocycles. The normalized spacial score (nSPS) is 28.5. The Labute approximate surface area is 67.9 Å². The van der Waals surface area contributed by atoms with Crippen molar-refractivity contribution < 1.29 is 9.84 Å². The Hall–Kier alpha value is -0.340. The lowest BCUT2D eigenvalue weighted by Gasteiger charge is -1.94. The van der Waals surface area contributed by atoms with Gasteiger partial charge in [-0.15, -0.1) is 6.58 Å². The second-order valence-electron chi connectivity index (χ2n) is 2.95. The zero-order valence-corrected chi connectivity index (χ0v) is 6.83. The van der Waals surface area contributed by atoms with Crippen molar-refractivity contribution in [3.8, 4) is 0 Å². The minimum Gasteiger partial charge on any atom is -0.396 e. The van der Waals surface area contributed by atoms with Crippen molar-refractivity contribution in [1.82, 2.24) is 0 Å². The lowest BCUT2D eigenvalue weighted by molar-refractivity contribution is 0.280. The van der Waals surface area contributed by atoms with Crippen LogP contribution in [-0.2, 0) is 4.74 Å². The van der Waals surface area contributed by atoms with E-state index >= 15 is 0 Å². The lowest BCUT2D eigenvalue weighted by Crippen LogP contribution is -1.91. The van der Waals surface area contributed by atoms with Crippen molar-refractivity contribution in [3.63, 3.8) is 0 Å². The highest BCUT2D eigenvalue weighted by Crippen LogP contribution is 2.27. The predicted octanol–water partition coefficient (Wildman–Crippen LogP) is 1.49. The molecule has 1 heterocycles. The van der Waals surface area contributed by atoms with Gasteiger partial charge in [-0.2, -0.15) is 0 Å². The number of ether oxygens (including phenoxy) is 1. The van der Waals surface area contributed by atoms with E-state index in [1.54, 1.807) is 0 Å². The summed E-state index contributed by atoms with van der Waals surface area (Å²) in [7, 11) is 0. The fourth-order valence-corrected chi connectivity index (χ4v) is 1.23. The fraction of sp³-hybridized carbons (Fsp3) is 0.778. The number of hydrogen-bond acceptors (Lipinski definition) is 2. The summed E-state index contributed by atoms with van der Waals surface area (Å²) in [4.78, 5) is 0. The van der Waals surface area contributed by atoms with Crippen molar-refractivity contribution in [2.75, 3.05) is 6.61 Å². The highest BCUT2D eigenvalue weighted by molar-refractivity contribution is 4.97. The summed E-state index contributed by atoms with van der Waals surface area (Å²) in [5.41, 5.74) is 0. The first-order valence-electron chi connectivity index (χ1n) is 4.27. The number of epoxide rings is 1. The Morgan fingerprint density at radius 3 is 2.73 bits per heavy atom. The molecule has 1 rings (SSSR count). The predicted molar refractivity (Wildman–Crippen MR) is 44.4 cm³/mol. The van der Waals surface area contributed by atoms with Crippen molar-refractivity contribution in [2.24, 2.45) is 0 Å². The summed E-state index contributed by atoms with van der Waals surface area (Å²) in [6.45, 7) is 3.97. The molecule has 0 aliphatic carbocycles. The van der Waals surface area contributed by atoms with Crippen LogP contribution in [0.25, 0.3) is 0 Å². The number of aliphatic hydroxyl groups excluding tert-OH is 1. The zero-order valence-electron chi connectivity index (χ0n) is 6.83. The maximum Gasteiger partial charge on any atom is 0.102 e. The summed E-state index contributed by atoms with van der Waals surface area (Å²) < 4.78 is 5.27. The van der Waals surface area contributed by atoms with Gasteiger partial charge in [-0.3, -0.25) is 0 Å². The van der Waals surface area contributed by atoms with Crippen LogP contribution < -0.4 is 0 Å². The molecule has 0 aromatic rings. The molecule has 1 aliphatic rings. The van der Waals surface area contributed by atoms with Crippen molar-refractivity contribution in [1.29, 1.82) is 0 Å². The molecule has 0 saturated carbocycles. The van der Waals surface area contributed by atoms with Crippen LogP contribution in [0.5, 0.6) is 0 Å². The minimum absolute atomic E-state index is 0.316. The third-order valence-electron chi connectivity index (χ3n) is 2.00. The lowest BCUT2D eigenvalue weighted by atomic mass is 10.1. The molecular formula is C9H16O2. The largest absolute Gasteiger partial charge is 0.396 e. The number of hydrogen-bond donors (Lipinski definition) is 1. The van der Waals surface area contributed by atoms with Crippen LogP contribution in [0.15, 0.2) is 12.7 Å². The van der Waals surface area contributed by atoms with E-state index in [1.807, 2.05) is 6.08 Å². The third-order valence-corrected chi connectivity index (χ3v) is 2.00. The second kappa shape index (κ2) is 4.52. The molecule has 0 amide bonds. The Kier molecular flexibility index (Phi) is 3.60. The highest BCUT2D eigenvalue weighted by atomic mass is 16.6. The quantitative estimate of drug-likeness (QED) is 0.359. The van der Waals surface area contributed by atoms with Crippen LogP contribution >= 0.6 is 0 Å². The van der Waals surface area contributed by atoms with Gasteiger partial charge in [0.05, 0.1) is 6.10 Å². The van der Waals surface area contributed by atoms with E-state index in [0.717, 1.165) is 25.7 Å². The summed E-state index contributed by atoms with van der Waals surface area (Å²) >= 11 is 0. The molecule has 0 unspecified atom stereocenters. The molecule has 0 aromatic carbocycles. The first-order valence-corrected chi connectivity index (χ1v) is 4.27. The zero-order chi connectivity index (χ0) is 8.10. The Bertz CT molecular complexity index is 123. The summed E-state index contributed by atoms with van der Waals surface area (Å²) in [5, 5.41) is 8.50. The van der Waals surface area contributed by atoms with Crippen molar-refractivity contribution >= 4 is 0 Å². The van der Waals surface area contributed by atoms with Gasteiger partial charge in [0.1, 0.15) is 6.10 Å². The van der Waals surface area contributed by atoms with Gasteiger partial charge < -0.3 is 9.84 Å². The molecule has 1 fully saturated rings. The van der Waals surface area contributed by atoms with Gasteiger partial charge in [-0.1, -0.05) is 18.9 Å². The first-order chi connectivity index (χ1) is 5.38. The van der Waals surface area contributed by atoms with Crippen LogP contribution in [0, 0.1) is 0 Å². The van der Waals surface area contributed by atoms with Crippen molar-refractivity contribution in [3.05, 3.63) is 12.7 Å². The van der Waals surface area contributed by atoms with Crippen LogP contribution in [0.4, 0.5) is 0 Å². The SMILES string of the molecule is C=C[C@@H]1O[C@H]1CCCCCO. The minimum atomic E-state index is 0.316. The van der Waals surface area contributed by atoms with E-state index in [4.69, 9.17) is 9.84 Å². The Balaban J connectivity index is 1.85. The number of aliphatic hydroxyl groups is 1. The van der Waals surface area contributed by atoms with E-state index in [9.17, 15) is 0 Å². The monoisotopic (exact) mass is 156 g/mol. The van der Waals surface area contributed by atoms with Crippen LogP contribution in [0.3, 0.4) is 0 Å². The Morgan fingerprint density at radius 2 is 2.18 bits per heavy atom. The van der Waals surface area contributed by atoms with Crippen molar-refractivity contribution in [2.45, 2.75) is 37.9 Å². The van der Waals surface area contributed by atoms with Gasteiger partial charge in [0.2, 0.25) is 0 Å². The summed E-state index contributed by atoms with van der Waals surface area (Å²) in [6, 6.07) is 0. The van der Waals surface area contributed by atoms with Gasteiger partial charge in [0, 0.05) is 6.61 Å². The fourth-order valence-electron chi connectivity index (χ4n) is 1.23. The number of rotatable bonds is 6. The van der Waals surface area contributed by atoms with Gasteiger partial charge in [-0.05, 0) is 12.8 Å². The molecule has 11 heavy (non-hydrogen) atoms. The average molecular weight is 156 g/mol. The molecular weight excluding hydrogens is 140 g/mol. The molecule has 2 heteroatoms. The molecule has 0 bridgehead atoms. The van der Waals surface area contributed by atoms with Crippen LogP contribution in [0.2, 0.25) is 0 Å². The Morgan fingerprint density at radius 1 is 1.36 bits per heavy atom. The van der Waals surface area contributed by atoms with E-state index in [1.165, 1.54) is 0 Å². The molecule has 2 atom stereocenters. The van der Waals surface area contributed by atoms with Crippen LogP contribution in [0.1, 0.15) is 25.7 Å². The maximum absolute atomic E-state index is 8.50. The second-order valence-corrected chi connectivity index (χ2v) is 2.95. The maximum atomic E-state index is 8.50. The first kappa shape index (κ1) is 8.75. The van der Waals surface area contributed by atoms with Gasteiger partial charge in [-0.25, -0.2) is 0 Å². The van der Waals surface area contributed by atoms with E-state index in [-0.39, 0.29) is 0 Å². The smallest absolute Gasteiger partial charge is 0.102 e. The standard InChI is InChI=1S/C9H16O2/c1-2-8-9(11-8)6-4-3-5-7-10/h2,8-10H,1,3-7H2/t8-,9-/m0/s1. The molecule has 1 saturated heterocycles. The average Bonchev–Trinajstić information content (AvgIpc) is 2.77. The molecule has 1 N–H and O–H groups in total. The van der Waals surface area contributed by atoms with Gasteiger partial charge >= 0.3 is 0 Å². The highest BCUT2D eigenvalue weighted by Gasteiger charge is 2.34. The molecule has 0 radical (unpaired) electrons. The number of unbranched alkanes of at least 4 members (excludes halogenated alkanes) is 2. The van der Waals surface area contributed by atoms with E-state index in [0.29, 0.717) is 18.8 Å². The van der Waals surface area contributed by atoms with Gasteiger partial charge in [0.25, 0.3) is 0 Å². The summed E-state index contributed by atoms with van der Waals surface area (Å²) in [5.74, 6) is 0. The molecule has 64 valence electrons. The molecule has 0 aromatic heterocycles. The topological polar surface area (TPSA) is 32.8 Å². The molecule has 2 nitrogen and oxygen atoms in total. The molecule has 0 spiro atoms. The van der Waals surface area contributed by atoms with E-state index in [2.05, 4.69) is 6.58 Å². The van der Waals surface area contributed by atoms with Crippen LogP contribution in [-0.4, -0.2) is 23.9 Å². The van der Waals surface area contributed by atoms with E-state index < -0.39 is 0 Å². The van der Waals surface area contributed by atoms with Gasteiger partial charge in [0.15, 0.2) is 0 Å².